The highest BCUT2D eigenvalue weighted by atomic mass is 16.2. The molecule has 2 aromatic rings. The summed E-state index contributed by atoms with van der Waals surface area (Å²) in [5, 5.41) is 3.30. The molecule has 7 nitrogen and oxygen atoms in total. The highest BCUT2D eigenvalue weighted by Crippen LogP contribution is 2.31. The molecule has 7 heteroatoms. The lowest BCUT2D eigenvalue weighted by atomic mass is 9.80. The van der Waals surface area contributed by atoms with E-state index in [1.165, 1.54) is 0 Å². The third-order valence-corrected chi connectivity index (χ3v) is 6.97. The molecule has 3 heterocycles. The van der Waals surface area contributed by atoms with Crippen molar-refractivity contribution in [1.29, 1.82) is 0 Å². The third-order valence-electron chi connectivity index (χ3n) is 6.97. The Bertz CT molecular complexity index is 960. The van der Waals surface area contributed by atoms with Crippen LogP contribution in [0.15, 0.2) is 18.2 Å². The van der Waals surface area contributed by atoms with Gasteiger partial charge in [-0.1, -0.05) is 0 Å². The number of H-pyrrole nitrogens is 1. The summed E-state index contributed by atoms with van der Waals surface area (Å²) in [4.78, 5) is 38.3. The lowest BCUT2D eigenvalue weighted by molar-refractivity contribution is -0.133. The first-order chi connectivity index (χ1) is 14.7. The van der Waals surface area contributed by atoms with E-state index in [1.54, 1.807) is 0 Å². The number of hydrogen-bond donors (Lipinski definition) is 2. The van der Waals surface area contributed by atoms with Crippen LogP contribution in [0.3, 0.4) is 0 Å². The molecule has 31 heavy (non-hydrogen) atoms. The molecule has 1 aromatic heterocycles. The van der Waals surface area contributed by atoms with Crippen LogP contribution in [-0.4, -0.2) is 69.8 Å². The van der Waals surface area contributed by atoms with E-state index in [-0.39, 0.29) is 17.9 Å². The predicted octanol–water partition coefficient (Wildman–Crippen LogP) is 3.10. The van der Waals surface area contributed by atoms with Gasteiger partial charge in [0.15, 0.2) is 0 Å². The maximum atomic E-state index is 13.2. The number of carbonyl (C=O) groups excluding carboxylic acids is 2. The lowest BCUT2D eigenvalue weighted by Crippen LogP contribution is -2.55. The molecule has 2 aliphatic rings. The van der Waals surface area contributed by atoms with Crippen LogP contribution in [0.25, 0.3) is 11.0 Å². The first-order valence-corrected chi connectivity index (χ1v) is 11.6. The van der Waals surface area contributed by atoms with E-state index in [4.69, 9.17) is 0 Å². The van der Waals surface area contributed by atoms with Gasteiger partial charge in [-0.2, -0.15) is 0 Å². The van der Waals surface area contributed by atoms with Crippen molar-refractivity contribution in [3.8, 4) is 0 Å². The Balaban J connectivity index is 1.40. The number of fused-ring (bicyclic) bond motifs is 1. The van der Waals surface area contributed by atoms with Gasteiger partial charge in [-0.05, 0) is 71.6 Å². The number of rotatable bonds is 4. The van der Waals surface area contributed by atoms with Crippen LogP contribution < -0.4 is 5.32 Å². The number of amides is 2. The molecule has 1 atom stereocenters. The van der Waals surface area contributed by atoms with Crippen molar-refractivity contribution >= 4 is 22.8 Å². The number of nitrogens with zero attached hydrogens (tertiary/aromatic N) is 3. The van der Waals surface area contributed by atoms with Crippen LogP contribution in [0.4, 0.5) is 0 Å². The van der Waals surface area contributed by atoms with E-state index in [9.17, 15) is 9.59 Å². The number of carbonyl (C=O) groups is 2. The number of benzene rings is 1. The summed E-state index contributed by atoms with van der Waals surface area (Å²) < 4.78 is 0. The molecule has 2 fully saturated rings. The van der Waals surface area contributed by atoms with E-state index < -0.39 is 5.41 Å². The van der Waals surface area contributed by atoms with Crippen molar-refractivity contribution in [2.24, 2.45) is 5.41 Å². The monoisotopic (exact) mass is 425 g/mol. The Labute approximate surface area is 184 Å². The standard InChI is InChI=1S/C24H35N5O2/c1-16(2)28-12-8-19(9-13-28)27-23(31)24(4)10-5-11-29(15-24)22(30)18-6-7-20-21(14-18)26-17(3)25-20/h6-7,14,16,19H,5,8-13,15H2,1-4H3,(H,25,26)(H,27,31). The molecular formula is C24H35N5O2. The van der Waals surface area contributed by atoms with Crippen molar-refractivity contribution in [2.45, 2.75) is 65.5 Å². The molecule has 1 aromatic carbocycles. The second-order valence-electron chi connectivity index (χ2n) is 9.82. The molecule has 0 bridgehead atoms. The molecule has 168 valence electrons. The minimum absolute atomic E-state index is 0.0156. The molecule has 4 rings (SSSR count). The second kappa shape index (κ2) is 8.61. The molecule has 1 unspecified atom stereocenters. The highest BCUT2D eigenvalue weighted by molar-refractivity contribution is 5.98. The Morgan fingerprint density at radius 2 is 1.97 bits per heavy atom. The van der Waals surface area contributed by atoms with Gasteiger partial charge in [0.25, 0.3) is 5.91 Å². The second-order valence-corrected chi connectivity index (χ2v) is 9.82. The fraction of sp³-hybridized carbons (Fsp3) is 0.625. The normalized spacial score (nSPS) is 23.5. The number of likely N-dealkylation sites (tertiary alicyclic amines) is 2. The predicted molar refractivity (Wildman–Crippen MR) is 122 cm³/mol. The number of aromatic amines is 1. The Hall–Kier alpha value is -2.41. The maximum absolute atomic E-state index is 13.2. The SMILES string of the molecule is Cc1nc2ccc(C(=O)N3CCCC(C)(C(=O)NC4CCN(C(C)C)CC4)C3)cc2[nH]1. The summed E-state index contributed by atoms with van der Waals surface area (Å²) in [6.07, 6.45) is 3.64. The summed E-state index contributed by atoms with van der Waals surface area (Å²) >= 11 is 0. The molecule has 0 saturated carbocycles. The lowest BCUT2D eigenvalue weighted by Gasteiger charge is -2.41. The molecule has 2 N–H and O–H groups in total. The first-order valence-electron chi connectivity index (χ1n) is 11.6. The zero-order valence-electron chi connectivity index (χ0n) is 19.2. The van der Waals surface area contributed by atoms with Gasteiger partial charge in [-0.25, -0.2) is 4.98 Å². The van der Waals surface area contributed by atoms with Crippen LogP contribution in [0.2, 0.25) is 0 Å². The van der Waals surface area contributed by atoms with Crippen molar-refractivity contribution in [2.75, 3.05) is 26.2 Å². The van der Waals surface area contributed by atoms with Crippen molar-refractivity contribution in [3.63, 3.8) is 0 Å². The van der Waals surface area contributed by atoms with Crippen molar-refractivity contribution < 1.29 is 9.59 Å². The minimum Gasteiger partial charge on any atom is -0.353 e. The summed E-state index contributed by atoms with van der Waals surface area (Å²) in [7, 11) is 0. The largest absolute Gasteiger partial charge is 0.353 e. The average Bonchev–Trinajstić information content (AvgIpc) is 3.12. The van der Waals surface area contributed by atoms with E-state index >= 15 is 0 Å². The van der Waals surface area contributed by atoms with Gasteiger partial charge in [0.1, 0.15) is 5.82 Å². The molecule has 2 aliphatic heterocycles. The molecule has 2 saturated heterocycles. The van der Waals surface area contributed by atoms with E-state index in [0.29, 0.717) is 24.7 Å². The summed E-state index contributed by atoms with van der Waals surface area (Å²) in [5.41, 5.74) is 1.83. The van der Waals surface area contributed by atoms with Crippen LogP contribution in [0.5, 0.6) is 0 Å². The van der Waals surface area contributed by atoms with Gasteiger partial charge in [-0.3, -0.25) is 9.59 Å². The van der Waals surface area contributed by atoms with E-state index in [2.05, 4.69) is 34.0 Å². The van der Waals surface area contributed by atoms with E-state index in [1.807, 2.05) is 36.9 Å². The first kappa shape index (κ1) is 21.8. The Kier molecular flexibility index (Phi) is 6.06. The topological polar surface area (TPSA) is 81.3 Å². The highest BCUT2D eigenvalue weighted by Gasteiger charge is 2.40. The van der Waals surface area contributed by atoms with Gasteiger partial charge in [-0.15, -0.1) is 0 Å². The fourth-order valence-electron chi connectivity index (χ4n) is 4.97. The minimum atomic E-state index is -0.544. The molecule has 0 radical (unpaired) electrons. The van der Waals surface area contributed by atoms with Crippen LogP contribution in [-0.2, 0) is 4.79 Å². The zero-order chi connectivity index (χ0) is 22.2. The van der Waals surface area contributed by atoms with E-state index in [0.717, 1.165) is 55.6 Å². The van der Waals surface area contributed by atoms with Gasteiger partial charge in [0, 0.05) is 43.8 Å². The molecular weight excluding hydrogens is 390 g/mol. The van der Waals surface area contributed by atoms with Gasteiger partial charge < -0.3 is 20.1 Å². The Morgan fingerprint density at radius 3 is 2.68 bits per heavy atom. The number of hydrogen-bond acceptors (Lipinski definition) is 4. The van der Waals surface area contributed by atoms with Gasteiger partial charge >= 0.3 is 0 Å². The summed E-state index contributed by atoms with van der Waals surface area (Å²) in [5.74, 6) is 0.909. The number of aryl methyl sites for hydroxylation is 1. The molecule has 0 spiro atoms. The van der Waals surface area contributed by atoms with Gasteiger partial charge in [0.05, 0.1) is 16.4 Å². The molecule has 0 aliphatic carbocycles. The summed E-state index contributed by atoms with van der Waals surface area (Å²) in [6.45, 7) is 11.6. The summed E-state index contributed by atoms with van der Waals surface area (Å²) in [6, 6.07) is 6.37. The number of piperidine rings is 2. The number of aromatic nitrogens is 2. The zero-order valence-corrected chi connectivity index (χ0v) is 19.2. The van der Waals surface area contributed by atoms with Crippen LogP contribution in [0, 0.1) is 12.3 Å². The quantitative estimate of drug-likeness (QED) is 0.789. The molecule has 2 amide bonds. The van der Waals surface area contributed by atoms with Crippen molar-refractivity contribution in [3.05, 3.63) is 29.6 Å². The maximum Gasteiger partial charge on any atom is 0.253 e. The third kappa shape index (κ3) is 4.61. The smallest absolute Gasteiger partial charge is 0.253 e. The number of imidazole rings is 1. The number of nitrogens with one attached hydrogen (secondary N) is 2. The van der Waals surface area contributed by atoms with Crippen molar-refractivity contribution in [1.82, 2.24) is 25.1 Å². The van der Waals surface area contributed by atoms with Crippen LogP contribution in [0.1, 0.15) is 62.6 Å². The van der Waals surface area contributed by atoms with Gasteiger partial charge in [0.2, 0.25) is 5.91 Å². The fourth-order valence-corrected chi connectivity index (χ4v) is 4.97. The average molecular weight is 426 g/mol. The Morgan fingerprint density at radius 1 is 1.23 bits per heavy atom. The van der Waals surface area contributed by atoms with Crippen LogP contribution >= 0.6 is 0 Å².